The summed E-state index contributed by atoms with van der Waals surface area (Å²) in [6.45, 7) is 2.06. The van der Waals surface area contributed by atoms with Gasteiger partial charge in [-0.25, -0.2) is 9.97 Å². The van der Waals surface area contributed by atoms with Crippen LogP contribution in [0.1, 0.15) is 53.6 Å². The van der Waals surface area contributed by atoms with E-state index in [1.807, 2.05) is 6.07 Å². The smallest absolute Gasteiger partial charge is 0.255 e. The van der Waals surface area contributed by atoms with Crippen LogP contribution in [0.4, 0.5) is 0 Å². The highest BCUT2D eigenvalue weighted by molar-refractivity contribution is 14.1. The number of hydrogen-bond acceptors (Lipinski definition) is 4. The van der Waals surface area contributed by atoms with E-state index in [0.717, 1.165) is 16.6 Å². The van der Waals surface area contributed by atoms with Gasteiger partial charge in [-0.1, -0.05) is 28.7 Å². The van der Waals surface area contributed by atoms with E-state index < -0.39 is 0 Å². The predicted molar refractivity (Wildman–Crippen MR) is 120 cm³/mol. The minimum atomic E-state index is -0.121. The molecule has 2 aromatic heterocycles. The maximum atomic E-state index is 12.7. The van der Waals surface area contributed by atoms with E-state index in [0.29, 0.717) is 34.4 Å². The number of hydrogen-bond donors (Lipinski definition) is 2. The van der Waals surface area contributed by atoms with Gasteiger partial charge in [0, 0.05) is 16.7 Å². The number of alkyl halides is 1. The first kappa shape index (κ1) is 18.8. The lowest BCUT2D eigenvalue weighted by Gasteiger charge is -2.12. The third-order valence-electron chi connectivity index (χ3n) is 6.02. The fourth-order valence-corrected chi connectivity index (χ4v) is 5.04. The largest absolute Gasteiger partial charge is 0.437 e. The van der Waals surface area contributed by atoms with Gasteiger partial charge in [-0.2, -0.15) is 0 Å². The van der Waals surface area contributed by atoms with Gasteiger partial charge < -0.3 is 15.0 Å². The van der Waals surface area contributed by atoms with Crippen LogP contribution in [0.25, 0.3) is 11.2 Å². The summed E-state index contributed by atoms with van der Waals surface area (Å²) in [5, 5.41) is 3.08. The van der Waals surface area contributed by atoms with Gasteiger partial charge in [-0.3, -0.25) is 4.79 Å². The third kappa shape index (κ3) is 3.72. The molecule has 1 saturated carbocycles. The number of carbonyl (C=O) groups is 1. The van der Waals surface area contributed by atoms with Gasteiger partial charge in [0.05, 0.1) is 11.8 Å². The second kappa shape index (κ2) is 7.59. The number of nitrogens with zero attached hydrogens (tertiary/aromatic N) is 2. The van der Waals surface area contributed by atoms with E-state index in [-0.39, 0.29) is 11.9 Å². The first-order valence-electron chi connectivity index (χ1n) is 10.1. The molecule has 0 bridgehead atoms. The fraction of sp³-hybridized carbons (Fsp3) is 0.409. The molecule has 7 heteroatoms. The molecule has 2 heterocycles. The zero-order chi connectivity index (χ0) is 20.0. The topological polar surface area (TPSA) is 79.9 Å². The molecule has 1 aromatic carbocycles. The number of rotatable bonds is 6. The number of nitrogens with one attached hydrogen (secondary N) is 2. The summed E-state index contributed by atoms with van der Waals surface area (Å²) in [5.74, 6) is 2.28. The molecule has 0 unspecified atom stereocenters. The Bertz CT molecular complexity index is 1080. The number of carbonyl (C=O) groups excluding carboxylic acids is 1. The van der Waals surface area contributed by atoms with Crippen molar-refractivity contribution in [1.29, 1.82) is 0 Å². The van der Waals surface area contributed by atoms with Crippen molar-refractivity contribution >= 4 is 39.7 Å². The second-order valence-corrected chi connectivity index (χ2v) is 8.94. The molecule has 150 valence electrons. The molecule has 0 saturated heterocycles. The number of benzene rings is 1. The highest BCUT2D eigenvalue weighted by Gasteiger charge is 2.30. The molecule has 2 aliphatic carbocycles. The van der Waals surface area contributed by atoms with Gasteiger partial charge in [-0.05, 0) is 67.7 Å². The van der Waals surface area contributed by atoms with E-state index >= 15 is 0 Å². The van der Waals surface area contributed by atoms with Gasteiger partial charge in [0.1, 0.15) is 11.3 Å². The highest BCUT2D eigenvalue weighted by atomic mass is 127. The van der Waals surface area contributed by atoms with E-state index in [1.165, 1.54) is 30.4 Å². The highest BCUT2D eigenvalue weighted by Crippen LogP contribution is 2.37. The summed E-state index contributed by atoms with van der Waals surface area (Å²) in [5.41, 5.74) is 4.41. The Hall–Kier alpha value is -2.16. The minimum absolute atomic E-state index is 0.121. The lowest BCUT2D eigenvalue weighted by molar-refractivity contribution is 0.0937. The number of aromatic nitrogens is 3. The van der Waals surface area contributed by atoms with Crippen LogP contribution in [0.2, 0.25) is 0 Å². The minimum Gasteiger partial charge on any atom is -0.437 e. The molecule has 29 heavy (non-hydrogen) atoms. The number of halogens is 1. The van der Waals surface area contributed by atoms with Crippen molar-refractivity contribution in [3.63, 3.8) is 0 Å². The number of aryl methyl sites for hydroxylation is 1. The second-order valence-electron chi connectivity index (χ2n) is 8.06. The van der Waals surface area contributed by atoms with Gasteiger partial charge in [-0.15, -0.1) is 0 Å². The Morgan fingerprint density at radius 1 is 1.38 bits per heavy atom. The molecule has 2 N–H and O–H groups in total. The standard InChI is InChI=1S/C22H23IN4O2/c1-12(13-2-3-13)26-22(28)18-10-24-21-20(18)27-19(11-25-21)29-16-6-7-17-14(8-16)4-5-15(17)9-23/h6-8,10-13,15H,2-5,9H2,1H3,(H,24,25)(H,26,28)/t12-,15+/m1/s1. The molecule has 5 rings (SSSR count). The SMILES string of the molecule is C[C@@H](NC(=O)c1c[nH]c2ncc(Oc3ccc4c(c3)CC[C@H]4CI)nc12)C1CC1. The summed E-state index contributed by atoms with van der Waals surface area (Å²) in [4.78, 5) is 24.7. The Balaban J connectivity index is 1.38. The van der Waals surface area contributed by atoms with Gasteiger partial charge in [0.15, 0.2) is 5.65 Å². The number of fused-ring (bicyclic) bond motifs is 2. The first-order chi connectivity index (χ1) is 14.1. The maximum absolute atomic E-state index is 12.7. The number of H-pyrrole nitrogens is 1. The molecule has 0 aliphatic heterocycles. The zero-order valence-electron chi connectivity index (χ0n) is 16.2. The summed E-state index contributed by atoms with van der Waals surface area (Å²) in [7, 11) is 0. The van der Waals surface area contributed by atoms with Crippen LogP contribution in [0.15, 0.2) is 30.6 Å². The van der Waals surface area contributed by atoms with Gasteiger partial charge in [0.25, 0.3) is 5.91 Å². The monoisotopic (exact) mass is 502 g/mol. The van der Waals surface area contributed by atoms with Gasteiger partial charge in [0.2, 0.25) is 5.88 Å². The molecular weight excluding hydrogens is 479 g/mol. The lowest BCUT2D eigenvalue weighted by atomic mass is 10.0. The summed E-state index contributed by atoms with van der Waals surface area (Å²) in [6, 6.07) is 6.45. The predicted octanol–water partition coefficient (Wildman–Crippen LogP) is 4.74. The quantitative estimate of drug-likeness (QED) is 0.377. The van der Waals surface area contributed by atoms with Crippen LogP contribution in [0, 0.1) is 5.92 Å². The van der Waals surface area contributed by atoms with Crippen molar-refractivity contribution < 1.29 is 9.53 Å². The maximum Gasteiger partial charge on any atom is 0.255 e. The van der Waals surface area contributed by atoms with E-state index in [4.69, 9.17) is 4.74 Å². The third-order valence-corrected chi connectivity index (χ3v) is 7.08. The molecule has 0 spiro atoms. The molecule has 2 atom stereocenters. The fourth-order valence-electron chi connectivity index (χ4n) is 4.12. The van der Waals surface area contributed by atoms with E-state index in [2.05, 4.69) is 61.9 Å². The molecule has 6 nitrogen and oxygen atoms in total. The summed E-state index contributed by atoms with van der Waals surface area (Å²) in [6.07, 6.45) is 7.93. The van der Waals surface area contributed by atoms with Crippen LogP contribution < -0.4 is 10.1 Å². The van der Waals surface area contributed by atoms with E-state index in [1.54, 1.807) is 12.4 Å². The summed E-state index contributed by atoms with van der Waals surface area (Å²) < 4.78 is 7.14. The van der Waals surface area contributed by atoms with Crippen LogP contribution in [-0.2, 0) is 6.42 Å². The number of aromatic amines is 1. The van der Waals surface area contributed by atoms with Gasteiger partial charge >= 0.3 is 0 Å². The van der Waals surface area contributed by atoms with Crippen molar-refractivity contribution in [2.75, 3.05) is 4.43 Å². The average Bonchev–Trinajstić information content (AvgIpc) is 3.37. The molecule has 3 aromatic rings. The zero-order valence-corrected chi connectivity index (χ0v) is 18.4. The Labute approximate surface area is 183 Å². The first-order valence-corrected chi connectivity index (χ1v) is 11.7. The van der Waals surface area contributed by atoms with Crippen molar-refractivity contribution in [3.8, 4) is 11.6 Å². The van der Waals surface area contributed by atoms with Crippen LogP contribution in [0.3, 0.4) is 0 Å². The molecule has 2 aliphatic rings. The van der Waals surface area contributed by atoms with Crippen LogP contribution >= 0.6 is 22.6 Å². The van der Waals surface area contributed by atoms with Crippen LogP contribution in [0.5, 0.6) is 11.6 Å². The normalized spacial score (nSPS) is 19.2. The van der Waals surface area contributed by atoms with Crippen LogP contribution in [-0.4, -0.2) is 31.3 Å². The Kier molecular flexibility index (Phi) is 4.93. The van der Waals surface area contributed by atoms with Crippen molar-refractivity contribution in [3.05, 3.63) is 47.3 Å². The molecule has 0 radical (unpaired) electrons. The van der Waals surface area contributed by atoms with Crippen molar-refractivity contribution in [1.82, 2.24) is 20.3 Å². The summed E-state index contributed by atoms with van der Waals surface area (Å²) >= 11 is 2.46. The lowest BCUT2D eigenvalue weighted by Crippen LogP contribution is -2.33. The van der Waals surface area contributed by atoms with Crippen molar-refractivity contribution in [2.24, 2.45) is 5.92 Å². The Morgan fingerprint density at radius 3 is 3.03 bits per heavy atom. The van der Waals surface area contributed by atoms with Crippen molar-refractivity contribution in [2.45, 2.75) is 44.6 Å². The average molecular weight is 502 g/mol. The number of ether oxygens (including phenoxy) is 1. The Morgan fingerprint density at radius 2 is 2.24 bits per heavy atom. The number of amides is 1. The molecular formula is C22H23IN4O2. The molecule has 1 fully saturated rings. The van der Waals surface area contributed by atoms with E-state index in [9.17, 15) is 4.79 Å². The molecule has 1 amide bonds.